The average Bonchev–Trinajstić information content (AvgIpc) is 3.36. The molecule has 0 aliphatic carbocycles. The van der Waals surface area contributed by atoms with Crippen LogP contribution >= 0.6 is 0 Å². The van der Waals surface area contributed by atoms with Crippen molar-refractivity contribution in [3.63, 3.8) is 0 Å². The molecule has 1 saturated heterocycles. The quantitative estimate of drug-likeness (QED) is 0.675. The van der Waals surface area contributed by atoms with Crippen molar-refractivity contribution in [2.75, 3.05) is 23.4 Å². The number of aromatic nitrogens is 2. The second-order valence-electron chi connectivity index (χ2n) is 7.22. The highest BCUT2D eigenvalue weighted by Gasteiger charge is 2.35. The topological polar surface area (TPSA) is 97.6 Å². The van der Waals surface area contributed by atoms with E-state index in [1.807, 2.05) is 62.4 Å². The van der Waals surface area contributed by atoms with Gasteiger partial charge in [-0.25, -0.2) is 0 Å². The second-order valence-corrected chi connectivity index (χ2v) is 7.22. The van der Waals surface area contributed by atoms with E-state index in [-0.39, 0.29) is 30.9 Å². The van der Waals surface area contributed by atoms with Gasteiger partial charge in [0.15, 0.2) is 6.61 Å². The van der Waals surface area contributed by atoms with Crippen LogP contribution in [0.15, 0.2) is 52.9 Å². The van der Waals surface area contributed by atoms with Crippen molar-refractivity contribution in [2.24, 2.45) is 0 Å². The maximum absolute atomic E-state index is 12.4. The first kappa shape index (κ1) is 19.6. The number of hydrogen-bond acceptors (Lipinski definition) is 6. The summed E-state index contributed by atoms with van der Waals surface area (Å²) in [5, 5.41) is 10.4. The molecule has 154 valence electrons. The van der Waals surface area contributed by atoms with Crippen molar-refractivity contribution < 1.29 is 18.7 Å². The predicted molar refractivity (Wildman–Crippen MR) is 110 cm³/mol. The molecule has 8 heteroatoms. The van der Waals surface area contributed by atoms with Gasteiger partial charge < -0.3 is 14.1 Å². The number of carbonyl (C=O) groups is 2. The van der Waals surface area contributed by atoms with Crippen molar-refractivity contribution in [1.29, 1.82) is 0 Å². The molecule has 3 aromatic rings. The Kier molecular flexibility index (Phi) is 5.47. The molecule has 0 bridgehead atoms. The van der Waals surface area contributed by atoms with Gasteiger partial charge in [0.1, 0.15) is 5.75 Å². The smallest absolute Gasteiger partial charge is 0.322 e. The number of ether oxygens (including phenoxy) is 1. The Bertz CT molecular complexity index is 1060. The van der Waals surface area contributed by atoms with Crippen molar-refractivity contribution in [3.05, 3.63) is 65.5 Å². The SMILES string of the molecule is Cc1cccc(OCC(=O)Nc2nnc([C@@H]3CC(=O)N(c4ccccc4)C3)o2)c1C. The van der Waals surface area contributed by atoms with Gasteiger partial charge in [0.2, 0.25) is 11.8 Å². The third kappa shape index (κ3) is 4.17. The van der Waals surface area contributed by atoms with Crippen molar-refractivity contribution in [2.45, 2.75) is 26.2 Å². The van der Waals surface area contributed by atoms with Crippen LogP contribution in [-0.4, -0.2) is 35.2 Å². The molecule has 2 amide bonds. The summed E-state index contributed by atoms with van der Waals surface area (Å²) in [6.07, 6.45) is 0.278. The predicted octanol–water partition coefficient (Wildman–Crippen LogP) is 3.22. The first-order valence-electron chi connectivity index (χ1n) is 9.69. The molecule has 1 fully saturated rings. The largest absolute Gasteiger partial charge is 0.483 e. The average molecular weight is 406 g/mol. The lowest BCUT2D eigenvalue weighted by Gasteiger charge is -2.15. The summed E-state index contributed by atoms with van der Waals surface area (Å²) in [6.45, 7) is 4.20. The number of aryl methyl sites for hydroxylation is 1. The minimum Gasteiger partial charge on any atom is -0.483 e. The molecular weight excluding hydrogens is 384 g/mol. The Morgan fingerprint density at radius 2 is 1.97 bits per heavy atom. The number of hydrogen-bond donors (Lipinski definition) is 1. The number of para-hydroxylation sites is 1. The zero-order valence-corrected chi connectivity index (χ0v) is 16.8. The summed E-state index contributed by atoms with van der Waals surface area (Å²) < 4.78 is 11.2. The number of nitrogens with zero attached hydrogens (tertiary/aromatic N) is 3. The highest BCUT2D eigenvalue weighted by atomic mass is 16.5. The fraction of sp³-hybridized carbons (Fsp3) is 0.273. The normalized spacial score (nSPS) is 16.0. The molecule has 0 spiro atoms. The van der Waals surface area contributed by atoms with E-state index in [0.717, 1.165) is 16.8 Å². The maximum Gasteiger partial charge on any atom is 0.322 e. The van der Waals surface area contributed by atoms with Gasteiger partial charge >= 0.3 is 6.01 Å². The van der Waals surface area contributed by atoms with Gasteiger partial charge in [-0.2, -0.15) is 0 Å². The van der Waals surface area contributed by atoms with Crippen LogP contribution in [0.5, 0.6) is 5.75 Å². The Labute approximate surface area is 173 Å². The molecule has 1 atom stereocenters. The molecule has 0 radical (unpaired) electrons. The van der Waals surface area contributed by atoms with Crippen LogP contribution in [0.1, 0.15) is 29.4 Å². The van der Waals surface area contributed by atoms with Crippen LogP contribution in [-0.2, 0) is 9.59 Å². The lowest BCUT2D eigenvalue weighted by Crippen LogP contribution is -2.24. The van der Waals surface area contributed by atoms with Gasteiger partial charge in [-0.3, -0.25) is 14.9 Å². The highest BCUT2D eigenvalue weighted by Crippen LogP contribution is 2.31. The standard InChI is InChI=1S/C22H22N4O4/c1-14-7-6-10-18(15(14)2)29-13-19(27)23-22-25-24-21(30-22)16-11-20(28)26(12-16)17-8-4-3-5-9-17/h3-10,16H,11-13H2,1-2H3,(H,23,25,27)/t16-/m1/s1. The molecule has 4 rings (SSSR count). The fourth-order valence-corrected chi connectivity index (χ4v) is 3.36. The highest BCUT2D eigenvalue weighted by molar-refractivity contribution is 5.96. The van der Waals surface area contributed by atoms with E-state index in [9.17, 15) is 9.59 Å². The number of amides is 2. The zero-order chi connectivity index (χ0) is 21.1. The molecule has 0 unspecified atom stereocenters. The number of anilines is 2. The van der Waals surface area contributed by atoms with Crippen molar-refractivity contribution >= 4 is 23.5 Å². The van der Waals surface area contributed by atoms with E-state index in [0.29, 0.717) is 18.2 Å². The summed E-state index contributed by atoms with van der Waals surface area (Å²) >= 11 is 0. The van der Waals surface area contributed by atoms with Crippen molar-refractivity contribution in [3.8, 4) is 5.75 Å². The summed E-state index contributed by atoms with van der Waals surface area (Å²) in [6, 6.07) is 15.1. The Hall–Kier alpha value is -3.68. The third-order valence-corrected chi connectivity index (χ3v) is 5.14. The monoisotopic (exact) mass is 406 g/mol. The maximum atomic E-state index is 12.4. The first-order chi connectivity index (χ1) is 14.5. The van der Waals surface area contributed by atoms with E-state index >= 15 is 0 Å². The van der Waals surface area contributed by atoms with Gasteiger partial charge in [-0.05, 0) is 43.2 Å². The Morgan fingerprint density at radius 1 is 1.17 bits per heavy atom. The minimum absolute atomic E-state index is 0.00286. The lowest BCUT2D eigenvalue weighted by molar-refractivity contribution is -0.118. The fourth-order valence-electron chi connectivity index (χ4n) is 3.36. The van der Waals surface area contributed by atoms with Gasteiger partial charge in [0, 0.05) is 18.7 Å². The Balaban J connectivity index is 1.34. The zero-order valence-electron chi connectivity index (χ0n) is 16.8. The minimum atomic E-state index is -0.403. The molecule has 8 nitrogen and oxygen atoms in total. The van der Waals surface area contributed by atoms with Gasteiger partial charge in [-0.1, -0.05) is 35.4 Å². The van der Waals surface area contributed by atoms with Crippen LogP contribution in [0.3, 0.4) is 0 Å². The van der Waals surface area contributed by atoms with E-state index in [1.165, 1.54) is 0 Å². The molecule has 2 heterocycles. The van der Waals surface area contributed by atoms with E-state index in [2.05, 4.69) is 15.5 Å². The summed E-state index contributed by atoms with van der Waals surface area (Å²) in [4.78, 5) is 26.2. The molecule has 1 aliphatic rings. The van der Waals surface area contributed by atoms with Gasteiger partial charge in [0.05, 0.1) is 5.92 Å². The van der Waals surface area contributed by atoms with Crippen molar-refractivity contribution in [1.82, 2.24) is 10.2 Å². The van der Waals surface area contributed by atoms with E-state index < -0.39 is 5.91 Å². The van der Waals surface area contributed by atoms with Crippen LogP contribution in [0.4, 0.5) is 11.7 Å². The molecule has 0 saturated carbocycles. The first-order valence-corrected chi connectivity index (χ1v) is 9.69. The summed E-state index contributed by atoms with van der Waals surface area (Å²) in [7, 11) is 0. The summed E-state index contributed by atoms with van der Waals surface area (Å²) in [5.74, 6) is 0.354. The molecular formula is C22H22N4O4. The van der Waals surface area contributed by atoms with Gasteiger partial charge in [0.25, 0.3) is 5.91 Å². The number of carbonyl (C=O) groups excluding carboxylic acids is 2. The molecule has 1 aliphatic heterocycles. The lowest BCUT2D eigenvalue weighted by atomic mass is 10.1. The number of benzene rings is 2. The van der Waals surface area contributed by atoms with E-state index in [1.54, 1.807) is 4.90 Å². The summed E-state index contributed by atoms with van der Waals surface area (Å²) in [5.41, 5.74) is 2.91. The second kappa shape index (κ2) is 8.36. The molecule has 1 aromatic heterocycles. The Morgan fingerprint density at radius 3 is 2.77 bits per heavy atom. The van der Waals surface area contributed by atoms with Gasteiger partial charge in [-0.15, -0.1) is 5.10 Å². The molecule has 30 heavy (non-hydrogen) atoms. The van der Waals surface area contributed by atoms with Crippen LogP contribution in [0, 0.1) is 13.8 Å². The molecule has 2 aromatic carbocycles. The third-order valence-electron chi connectivity index (χ3n) is 5.14. The number of nitrogens with one attached hydrogen (secondary N) is 1. The van der Waals surface area contributed by atoms with Crippen LogP contribution < -0.4 is 15.0 Å². The number of rotatable bonds is 6. The van der Waals surface area contributed by atoms with E-state index in [4.69, 9.17) is 9.15 Å². The van der Waals surface area contributed by atoms with Crippen LogP contribution in [0.2, 0.25) is 0 Å². The van der Waals surface area contributed by atoms with Crippen LogP contribution in [0.25, 0.3) is 0 Å². The molecule has 1 N–H and O–H groups in total.